The maximum Gasteiger partial charge on any atom is 0.293 e. The third-order valence-corrected chi connectivity index (χ3v) is 29.5. The number of carbonyl (C=O) groups is 2. The summed E-state index contributed by atoms with van der Waals surface area (Å²) in [6.07, 6.45) is -5.37. The molecule has 123 heavy (non-hydrogen) atoms. The lowest BCUT2D eigenvalue weighted by molar-refractivity contribution is -0.123. The highest BCUT2D eigenvalue weighted by atomic mass is 35.5. The van der Waals surface area contributed by atoms with Crippen LogP contribution in [0.15, 0.2) is 131 Å². The van der Waals surface area contributed by atoms with Crippen molar-refractivity contribution in [2.45, 2.75) is 113 Å². The number of nitrogens with one attached hydrogen (secondary N) is 5. The maximum absolute atomic E-state index is 16.0. The number of halogens is 12. The molecular formula is C79H69Cl2F10N15O13S4. The minimum absolute atomic E-state index is 0.0680. The molecule has 2 amide bonds. The number of aromatic hydroxyl groups is 1. The topological polar surface area (TPSA) is 378 Å². The molecule has 1 fully saturated rings. The molecule has 2 aliphatic carbocycles. The second-order valence-electron chi connectivity index (χ2n) is 31.2. The lowest BCUT2D eigenvalue weighted by atomic mass is 10.00. The van der Waals surface area contributed by atoms with Crippen LogP contribution in [0.4, 0.5) is 55.5 Å². The van der Waals surface area contributed by atoms with E-state index in [1.165, 1.54) is 69.6 Å². The highest BCUT2D eigenvalue weighted by Gasteiger charge is 2.67. The molecule has 0 radical (unpaired) electrons. The number of amides is 2. The first-order valence-electron chi connectivity index (χ1n) is 37.2. The normalized spacial score (nSPS) is 15.6. The van der Waals surface area contributed by atoms with E-state index < -0.39 is 244 Å². The number of sulfonamides is 2. The SMILES string of the molecule is Cn1nc(NS(=O)(=O)CCS(=O)(=O)C(C)(C)c2ccc3c(=O)n(-c4ccc(Cl)c5c(NS(C)(=O)=O)nn(CC(F)F)c45)c([C@H](Cc4cc(F)cc(F)c4)NC(=O)Cn4nc(C(F)F)c5c4C(F)(F)[C@@H]4C[C@H]54)nc3c2)c2c(Cl)ccc(-n3c([C@H](Cc4cc(F)cc(F)c4)NC(=O)Cc4c[nH]c5ccc(O)cc45)nc4cc(C(C)(C)S(C)(=O)=O)ccc4c3=O)c21. The molecule has 646 valence electrons. The van der Waals surface area contributed by atoms with Crippen LogP contribution in [0.5, 0.6) is 5.75 Å². The number of carbonyl (C=O) groups excluding carboxylic acids is 2. The molecule has 1 saturated carbocycles. The van der Waals surface area contributed by atoms with E-state index in [9.17, 15) is 57.5 Å². The summed E-state index contributed by atoms with van der Waals surface area (Å²) in [7, 11) is -16.8. The minimum atomic E-state index is -4.97. The van der Waals surface area contributed by atoms with Crippen molar-refractivity contribution in [3.63, 3.8) is 0 Å². The first-order chi connectivity index (χ1) is 57.5. The van der Waals surface area contributed by atoms with Gasteiger partial charge in [0.2, 0.25) is 31.9 Å². The van der Waals surface area contributed by atoms with Crippen molar-refractivity contribution < 1.29 is 92.3 Å². The predicted octanol–water partition coefficient (Wildman–Crippen LogP) is 12.5. The van der Waals surface area contributed by atoms with E-state index >= 15 is 44.3 Å². The van der Waals surface area contributed by atoms with E-state index in [0.717, 1.165) is 83.9 Å². The van der Waals surface area contributed by atoms with Gasteiger partial charge in [0.1, 0.15) is 65.1 Å². The summed E-state index contributed by atoms with van der Waals surface area (Å²) in [6, 6.07) is 17.4. The summed E-state index contributed by atoms with van der Waals surface area (Å²) in [5, 5.41) is 26.6. The van der Waals surface area contributed by atoms with Crippen LogP contribution < -0.4 is 31.2 Å². The summed E-state index contributed by atoms with van der Waals surface area (Å²) in [5.41, 5.74) is -6.07. The van der Waals surface area contributed by atoms with Crippen molar-refractivity contribution in [3.8, 4) is 17.1 Å². The Labute approximate surface area is 701 Å². The zero-order valence-electron chi connectivity index (χ0n) is 65.2. The van der Waals surface area contributed by atoms with E-state index in [4.69, 9.17) is 33.2 Å². The Morgan fingerprint density at radius 1 is 0.626 bits per heavy atom. The van der Waals surface area contributed by atoms with E-state index in [0.29, 0.717) is 48.8 Å². The third-order valence-electron chi connectivity index (χ3n) is 22.2. The summed E-state index contributed by atoms with van der Waals surface area (Å²) < 4.78 is 268. The number of aromatic nitrogens is 11. The third kappa shape index (κ3) is 16.2. The van der Waals surface area contributed by atoms with Crippen LogP contribution in [0.25, 0.3) is 65.9 Å². The van der Waals surface area contributed by atoms with E-state index in [1.54, 1.807) is 6.07 Å². The average Bonchev–Trinajstić information content (AvgIpc) is 1.51. The van der Waals surface area contributed by atoms with Crippen LogP contribution in [0.2, 0.25) is 10.0 Å². The minimum Gasteiger partial charge on any atom is -0.508 e. The fourth-order valence-corrected chi connectivity index (χ4v) is 20.6. The number of alkyl halides is 6. The van der Waals surface area contributed by atoms with Crippen LogP contribution in [0, 0.1) is 29.2 Å². The van der Waals surface area contributed by atoms with Crippen LogP contribution in [0.3, 0.4) is 0 Å². The number of phenolic OH excluding ortho intramolecular Hbond substituents is 1. The molecule has 7 aromatic carbocycles. The van der Waals surface area contributed by atoms with Crippen LogP contribution in [-0.2, 0) is 104 Å². The monoisotopic (exact) mass is 1820 g/mol. The van der Waals surface area contributed by atoms with Crippen molar-refractivity contribution in [2.75, 3.05) is 33.5 Å². The number of phenols is 1. The fourth-order valence-electron chi connectivity index (χ4n) is 15.7. The number of anilines is 2. The number of sulfone groups is 2. The van der Waals surface area contributed by atoms with Crippen LogP contribution >= 0.6 is 23.2 Å². The Morgan fingerprint density at radius 2 is 1.15 bits per heavy atom. The fraction of sp³-hybridized carbons (Fsp3) is 0.304. The standard InChI is InChI=1S/C79H69Cl2F10N15O13S4/c1-77(2,120(6,112)113)39-8-11-46-54(27-39)95-73(56(24-36-20-41(82)29-42(83)21-36)93-61(108)26-38-33-92-53-15-10-45(107)31-48(38)53)105(75(46)110)58-16-13-51(80)64-67(58)102(5)98-71(64)101-123(118,119)19-18-122(116,117)78(3,4)40-9-12-47-55(28-40)96-74(106(76(47)111)59-17-14-52(81)65-68(59)103(34-60(86)87)99-72(65)100-121(7,114)115)57(25-37-22-43(84)30-44(85)23-37)94-62(109)35-104-69-63(66(97-104)70(88)89)49-32-50(49)79(69,90)91/h8-17,20-23,27-31,33,49-50,56-57,60,70,92,107H,18-19,24-26,32,34-35H2,1-7H3,(H,93,108)(H,94,109)(H,98,101)(H,99,100)/t49-,50+,56-,57-/m0/s1. The van der Waals surface area contributed by atoms with Crippen LogP contribution in [0.1, 0.15) is 115 Å². The molecule has 15 rings (SSSR count). The molecule has 6 heterocycles. The van der Waals surface area contributed by atoms with Gasteiger partial charge in [-0.05, 0) is 159 Å². The average molecular weight is 1830 g/mol. The van der Waals surface area contributed by atoms with Gasteiger partial charge in [-0.1, -0.05) is 35.3 Å². The molecule has 6 N–H and O–H groups in total. The Hall–Kier alpha value is -11.5. The van der Waals surface area contributed by atoms with Crippen LogP contribution in [-0.4, -0.2) is 134 Å². The molecule has 6 aromatic heterocycles. The molecule has 0 unspecified atom stereocenters. The maximum atomic E-state index is 16.0. The number of aromatic amines is 1. The molecule has 13 aromatic rings. The number of nitrogens with zero attached hydrogens (tertiary/aromatic N) is 10. The number of rotatable bonds is 28. The highest BCUT2D eigenvalue weighted by molar-refractivity contribution is 7.96. The Bertz CT molecular complexity index is 7250. The van der Waals surface area contributed by atoms with Gasteiger partial charge in [0.05, 0.1) is 111 Å². The predicted molar refractivity (Wildman–Crippen MR) is 436 cm³/mol. The second kappa shape index (κ2) is 31.1. The Morgan fingerprint density at radius 3 is 1.67 bits per heavy atom. The number of hydrogen-bond acceptors (Lipinski definition) is 18. The van der Waals surface area contributed by atoms with Crippen molar-refractivity contribution >= 4 is 141 Å². The molecule has 0 spiro atoms. The number of fused-ring (bicyclic) bond motifs is 8. The molecule has 44 heteroatoms. The summed E-state index contributed by atoms with van der Waals surface area (Å²) in [5.74, 6) is -17.6. The number of benzene rings is 7. The largest absolute Gasteiger partial charge is 0.508 e. The van der Waals surface area contributed by atoms with Gasteiger partial charge in [0, 0.05) is 66.9 Å². The molecule has 2 aliphatic rings. The van der Waals surface area contributed by atoms with Crippen molar-refractivity contribution in [2.24, 2.45) is 13.0 Å². The van der Waals surface area contributed by atoms with Gasteiger partial charge in [0.15, 0.2) is 31.3 Å². The van der Waals surface area contributed by atoms with Gasteiger partial charge in [0.25, 0.3) is 29.9 Å². The van der Waals surface area contributed by atoms with Gasteiger partial charge >= 0.3 is 0 Å². The van der Waals surface area contributed by atoms with Gasteiger partial charge in [-0.25, -0.2) is 78.8 Å². The first-order valence-corrected chi connectivity index (χ1v) is 45.1. The van der Waals surface area contributed by atoms with E-state index in [-0.39, 0.29) is 77.8 Å². The number of hydrogen-bond donors (Lipinski definition) is 6. The second-order valence-corrected chi connectivity index (χ2v) is 40.8. The molecule has 0 saturated heterocycles. The zero-order chi connectivity index (χ0) is 88.9. The quantitative estimate of drug-likeness (QED) is 0.0248. The molecular weight excluding hydrogens is 1760 g/mol. The number of aryl methyl sites for hydroxylation is 1. The van der Waals surface area contributed by atoms with E-state index in [2.05, 4.69) is 40.4 Å². The molecule has 0 bridgehead atoms. The van der Waals surface area contributed by atoms with Crippen molar-refractivity contribution in [1.82, 2.24) is 64.1 Å². The summed E-state index contributed by atoms with van der Waals surface area (Å²) in [4.78, 5) is 73.4. The van der Waals surface area contributed by atoms with Gasteiger partial charge in [-0.15, -0.1) is 0 Å². The summed E-state index contributed by atoms with van der Waals surface area (Å²) in [6.45, 7) is 2.53. The van der Waals surface area contributed by atoms with Gasteiger partial charge in [-0.2, -0.15) is 24.1 Å². The Kier molecular flexibility index (Phi) is 21.9. The molecule has 4 atom stereocenters. The lowest BCUT2D eigenvalue weighted by Crippen LogP contribution is -2.38. The first kappa shape index (κ1) is 86.5. The van der Waals surface area contributed by atoms with Gasteiger partial charge in [-0.3, -0.25) is 51.8 Å². The molecule has 28 nitrogen and oxygen atoms in total. The molecule has 0 aliphatic heterocycles. The van der Waals surface area contributed by atoms with E-state index in [1.807, 2.05) is 0 Å². The highest BCUT2D eigenvalue weighted by Crippen LogP contribution is 2.68. The van der Waals surface area contributed by atoms with Crippen molar-refractivity contribution in [1.29, 1.82) is 0 Å². The number of H-pyrrole nitrogens is 1. The zero-order valence-corrected chi connectivity index (χ0v) is 69.9. The van der Waals surface area contributed by atoms with Crippen molar-refractivity contribution in [3.05, 3.63) is 232 Å². The van der Waals surface area contributed by atoms with Gasteiger partial charge < -0.3 is 20.7 Å². The Balaban J connectivity index is 0.808. The smallest absolute Gasteiger partial charge is 0.293 e. The summed E-state index contributed by atoms with van der Waals surface area (Å²) >= 11 is 13.7. The lowest BCUT2D eigenvalue weighted by Gasteiger charge is -2.27.